The number of hydrogen-bond donors (Lipinski definition) is 1. The van der Waals surface area contributed by atoms with Crippen molar-refractivity contribution in [2.24, 2.45) is 0 Å². The summed E-state index contributed by atoms with van der Waals surface area (Å²) in [6.45, 7) is 4.23. The minimum absolute atomic E-state index is 0.00434. The van der Waals surface area contributed by atoms with Crippen molar-refractivity contribution in [1.29, 1.82) is 0 Å². The summed E-state index contributed by atoms with van der Waals surface area (Å²) in [5, 5.41) is 0. The maximum atomic E-state index is 13.1. The summed E-state index contributed by atoms with van der Waals surface area (Å²) in [4.78, 5) is 11.5. The molecule has 94 valence electrons. The number of nitrogens with two attached hydrogens (primary N) is 1. The first kappa shape index (κ1) is 13.4. The first-order valence-corrected chi connectivity index (χ1v) is 5.34. The lowest BCUT2D eigenvalue weighted by Crippen LogP contribution is -2.13. The molecule has 0 atom stereocenters. The monoisotopic (exact) mass is 241 g/mol. The van der Waals surface area contributed by atoms with Gasteiger partial charge >= 0.3 is 5.97 Å². The molecule has 5 heteroatoms. The maximum Gasteiger partial charge on any atom is 0.338 e. The number of carbonyl (C=O) groups excluding carboxylic acids is 1. The summed E-state index contributed by atoms with van der Waals surface area (Å²) in [5.41, 5.74) is 5.44. The minimum atomic E-state index is -0.627. The highest BCUT2D eigenvalue weighted by Crippen LogP contribution is 2.12. The Labute approximate surface area is 99.5 Å². The van der Waals surface area contributed by atoms with Crippen LogP contribution in [-0.2, 0) is 9.47 Å². The molecule has 2 N–H and O–H groups in total. The van der Waals surface area contributed by atoms with Gasteiger partial charge in [0, 0.05) is 0 Å². The van der Waals surface area contributed by atoms with Crippen LogP contribution in [0.1, 0.15) is 24.2 Å². The second kappa shape index (κ2) is 6.20. The number of carbonyl (C=O) groups is 1. The molecule has 4 nitrogen and oxygen atoms in total. The molecule has 0 saturated carbocycles. The van der Waals surface area contributed by atoms with E-state index in [1.165, 1.54) is 12.1 Å². The van der Waals surface area contributed by atoms with Crippen LogP contribution in [0.25, 0.3) is 0 Å². The van der Waals surface area contributed by atoms with Crippen molar-refractivity contribution >= 4 is 11.7 Å². The third-order valence-electron chi connectivity index (χ3n) is 2.00. The molecule has 0 fully saturated rings. The molecule has 1 rings (SSSR count). The molecule has 0 unspecified atom stereocenters. The number of nitrogen functional groups attached to an aromatic ring is 1. The van der Waals surface area contributed by atoms with Gasteiger partial charge in [0.25, 0.3) is 0 Å². The van der Waals surface area contributed by atoms with Crippen molar-refractivity contribution in [3.8, 4) is 0 Å². The van der Waals surface area contributed by atoms with Crippen LogP contribution in [0.4, 0.5) is 10.1 Å². The first-order chi connectivity index (χ1) is 8.00. The molecule has 0 radical (unpaired) electrons. The SMILES string of the molecule is CC(C)OCCOC(=O)c1ccc(N)c(F)c1. The highest BCUT2D eigenvalue weighted by molar-refractivity contribution is 5.89. The number of anilines is 1. The van der Waals surface area contributed by atoms with E-state index in [2.05, 4.69) is 0 Å². The van der Waals surface area contributed by atoms with Gasteiger partial charge in [0.15, 0.2) is 0 Å². The normalized spacial score (nSPS) is 10.6. The van der Waals surface area contributed by atoms with Crippen molar-refractivity contribution in [2.45, 2.75) is 20.0 Å². The van der Waals surface area contributed by atoms with E-state index >= 15 is 0 Å². The molecule has 0 aromatic heterocycles. The molecule has 17 heavy (non-hydrogen) atoms. The van der Waals surface area contributed by atoms with E-state index in [9.17, 15) is 9.18 Å². The van der Waals surface area contributed by atoms with Crippen LogP contribution in [0.3, 0.4) is 0 Å². The molecule has 0 heterocycles. The second-order valence-corrected chi connectivity index (χ2v) is 3.79. The number of esters is 1. The van der Waals surface area contributed by atoms with E-state index in [4.69, 9.17) is 15.2 Å². The molecule has 1 aromatic carbocycles. The predicted octanol–water partition coefficient (Wildman–Crippen LogP) is 1.99. The van der Waals surface area contributed by atoms with Crippen LogP contribution in [-0.4, -0.2) is 25.3 Å². The molecule has 0 bridgehead atoms. The average molecular weight is 241 g/mol. The van der Waals surface area contributed by atoms with Crippen LogP contribution < -0.4 is 5.73 Å². The molecule has 0 aliphatic heterocycles. The van der Waals surface area contributed by atoms with Gasteiger partial charge in [-0.15, -0.1) is 0 Å². The summed E-state index contributed by atoms with van der Waals surface area (Å²) < 4.78 is 23.2. The van der Waals surface area contributed by atoms with Crippen LogP contribution >= 0.6 is 0 Å². The highest BCUT2D eigenvalue weighted by Gasteiger charge is 2.09. The Morgan fingerprint density at radius 1 is 1.41 bits per heavy atom. The smallest absolute Gasteiger partial charge is 0.338 e. The molecular formula is C12H16FNO3. The van der Waals surface area contributed by atoms with E-state index in [1.54, 1.807) is 0 Å². The zero-order valence-electron chi connectivity index (χ0n) is 9.90. The summed E-state index contributed by atoms with van der Waals surface area (Å²) in [6.07, 6.45) is 0.0858. The molecule has 1 aromatic rings. The van der Waals surface area contributed by atoms with Gasteiger partial charge in [0.2, 0.25) is 0 Å². The van der Waals surface area contributed by atoms with E-state index in [-0.39, 0.29) is 24.0 Å². The van der Waals surface area contributed by atoms with E-state index < -0.39 is 11.8 Å². The highest BCUT2D eigenvalue weighted by atomic mass is 19.1. The molecule has 0 aliphatic rings. The molecule has 0 aliphatic carbocycles. The minimum Gasteiger partial charge on any atom is -0.460 e. The quantitative estimate of drug-likeness (QED) is 0.486. The van der Waals surface area contributed by atoms with Crippen LogP contribution in [0.5, 0.6) is 0 Å². The van der Waals surface area contributed by atoms with Crippen molar-refractivity contribution in [2.75, 3.05) is 18.9 Å². The third-order valence-corrected chi connectivity index (χ3v) is 2.00. The Bertz CT molecular complexity index is 393. The van der Waals surface area contributed by atoms with Crippen molar-refractivity contribution in [3.05, 3.63) is 29.6 Å². The largest absolute Gasteiger partial charge is 0.460 e. The number of rotatable bonds is 5. The number of hydrogen-bond acceptors (Lipinski definition) is 4. The van der Waals surface area contributed by atoms with E-state index in [0.717, 1.165) is 6.07 Å². The number of benzene rings is 1. The van der Waals surface area contributed by atoms with Gasteiger partial charge in [0.1, 0.15) is 12.4 Å². The zero-order valence-corrected chi connectivity index (χ0v) is 9.90. The summed E-state index contributed by atoms with van der Waals surface area (Å²) in [6, 6.07) is 3.81. The lowest BCUT2D eigenvalue weighted by molar-refractivity contribution is 0.0176. The van der Waals surface area contributed by atoms with E-state index in [0.29, 0.717) is 6.61 Å². The van der Waals surface area contributed by atoms with Gasteiger partial charge < -0.3 is 15.2 Å². The Morgan fingerprint density at radius 2 is 2.12 bits per heavy atom. The van der Waals surface area contributed by atoms with Gasteiger partial charge in [-0.25, -0.2) is 9.18 Å². The number of halogens is 1. The summed E-state index contributed by atoms with van der Waals surface area (Å²) in [7, 11) is 0. The van der Waals surface area contributed by atoms with Crippen molar-refractivity contribution in [1.82, 2.24) is 0 Å². The third kappa shape index (κ3) is 4.40. The van der Waals surface area contributed by atoms with Crippen LogP contribution in [0.15, 0.2) is 18.2 Å². The lowest BCUT2D eigenvalue weighted by atomic mass is 10.2. The fraction of sp³-hybridized carbons (Fsp3) is 0.417. The Kier molecular flexibility index (Phi) is 4.90. The molecular weight excluding hydrogens is 225 g/mol. The lowest BCUT2D eigenvalue weighted by Gasteiger charge is -2.08. The van der Waals surface area contributed by atoms with Gasteiger partial charge in [-0.1, -0.05) is 0 Å². The standard InChI is InChI=1S/C12H16FNO3/c1-8(2)16-5-6-17-12(15)9-3-4-11(14)10(13)7-9/h3-4,7-8H,5-6,14H2,1-2H3. The van der Waals surface area contributed by atoms with Gasteiger partial charge in [-0.05, 0) is 32.0 Å². The van der Waals surface area contributed by atoms with Crippen molar-refractivity contribution < 1.29 is 18.7 Å². The zero-order chi connectivity index (χ0) is 12.8. The molecule has 0 saturated heterocycles. The Hall–Kier alpha value is -1.62. The molecule has 0 spiro atoms. The van der Waals surface area contributed by atoms with Gasteiger partial charge in [-0.2, -0.15) is 0 Å². The molecule has 0 amide bonds. The Balaban J connectivity index is 2.44. The van der Waals surface area contributed by atoms with Crippen molar-refractivity contribution in [3.63, 3.8) is 0 Å². The average Bonchev–Trinajstić information content (AvgIpc) is 2.27. The van der Waals surface area contributed by atoms with Gasteiger partial charge in [0.05, 0.1) is 24.0 Å². The second-order valence-electron chi connectivity index (χ2n) is 3.79. The van der Waals surface area contributed by atoms with Gasteiger partial charge in [-0.3, -0.25) is 0 Å². The summed E-state index contributed by atoms with van der Waals surface area (Å²) >= 11 is 0. The topological polar surface area (TPSA) is 61.5 Å². The van der Waals surface area contributed by atoms with Crippen LogP contribution in [0.2, 0.25) is 0 Å². The van der Waals surface area contributed by atoms with Crippen LogP contribution in [0, 0.1) is 5.82 Å². The maximum absolute atomic E-state index is 13.1. The summed E-state index contributed by atoms with van der Waals surface area (Å²) in [5.74, 6) is -1.21. The fourth-order valence-corrected chi connectivity index (χ4v) is 1.16. The van der Waals surface area contributed by atoms with E-state index in [1.807, 2.05) is 13.8 Å². The fourth-order valence-electron chi connectivity index (χ4n) is 1.16. The Morgan fingerprint density at radius 3 is 2.71 bits per heavy atom. The first-order valence-electron chi connectivity index (χ1n) is 5.34. The number of ether oxygens (including phenoxy) is 2. The predicted molar refractivity (Wildman–Crippen MR) is 62.2 cm³/mol.